The summed E-state index contributed by atoms with van der Waals surface area (Å²) in [5.74, 6) is -0.587. The smallest absolute Gasteiger partial charge is 0.234 e. The van der Waals surface area contributed by atoms with E-state index < -0.39 is 21.8 Å². The molecule has 6 heteroatoms. The summed E-state index contributed by atoms with van der Waals surface area (Å²) < 4.78 is 24.8. The lowest BCUT2D eigenvalue weighted by atomic mass is 10.1. The molecule has 0 spiro atoms. The Morgan fingerprint density at radius 2 is 1.48 bits per heavy atom. The predicted molar refractivity (Wildman–Crippen MR) is 79.2 cm³/mol. The molecule has 0 saturated heterocycles. The summed E-state index contributed by atoms with van der Waals surface area (Å²) in [5.41, 5.74) is 11.4. The highest BCUT2D eigenvalue weighted by atomic mass is 32.2. The Hall–Kier alpha value is -2.18. The minimum atomic E-state index is -3.52. The lowest BCUT2D eigenvalue weighted by Crippen LogP contribution is -2.38. The van der Waals surface area contributed by atoms with Crippen molar-refractivity contribution in [3.63, 3.8) is 0 Å². The lowest BCUT2D eigenvalue weighted by Gasteiger charge is -2.09. The number of carbonyl (C=O) groups is 1. The molecular formula is C15H16N2O3S. The highest BCUT2D eigenvalue weighted by Gasteiger charge is 2.17. The molecule has 0 aliphatic carbocycles. The molecule has 1 amide bonds. The van der Waals surface area contributed by atoms with Crippen molar-refractivity contribution >= 4 is 15.7 Å². The molecule has 1 unspecified atom stereocenters. The Kier molecular flexibility index (Phi) is 4.40. The number of benzene rings is 2. The Morgan fingerprint density at radius 1 is 0.952 bits per heavy atom. The second-order valence-corrected chi connectivity index (χ2v) is 6.62. The molecule has 0 bridgehead atoms. The van der Waals surface area contributed by atoms with Crippen molar-refractivity contribution in [3.8, 4) is 0 Å². The molecular weight excluding hydrogens is 288 g/mol. The maximum Gasteiger partial charge on any atom is 0.234 e. The Bertz CT molecular complexity index is 725. The lowest BCUT2D eigenvalue weighted by molar-refractivity contribution is -0.119. The van der Waals surface area contributed by atoms with E-state index >= 15 is 0 Å². The maximum atomic E-state index is 12.4. The summed E-state index contributed by atoms with van der Waals surface area (Å²) in [6.45, 7) is 0. The standard InChI is InChI=1S/C15H16N2O3S/c16-14(15(17)18)10-11-6-8-13(9-7-11)21(19,20)12-4-2-1-3-5-12/h1-9,14H,10,16H2,(H2,17,18). The van der Waals surface area contributed by atoms with E-state index in [1.54, 1.807) is 42.5 Å². The van der Waals surface area contributed by atoms with Gasteiger partial charge in [-0.25, -0.2) is 8.42 Å². The molecule has 0 radical (unpaired) electrons. The summed E-state index contributed by atoms with van der Waals surface area (Å²) >= 11 is 0. The van der Waals surface area contributed by atoms with Gasteiger partial charge in [0, 0.05) is 0 Å². The van der Waals surface area contributed by atoms with E-state index in [0.717, 1.165) is 5.56 Å². The van der Waals surface area contributed by atoms with Crippen molar-refractivity contribution in [2.45, 2.75) is 22.3 Å². The third-order valence-corrected chi connectivity index (χ3v) is 4.89. The molecule has 2 aromatic rings. The highest BCUT2D eigenvalue weighted by molar-refractivity contribution is 7.91. The number of hydrogen-bond donors (Lipinski definition) is 2. The first-order valence-electron chi connectivity index (χ1n) is 6.35. The fraction of sp³-hybridized carbons (Fsp3) is 0.133. The molecule has 0 saturated carbocycles. The van der Waals surface area contributed by atoms with E-state index in [1.165, 1.54) is 12.1 Å². The van der Waals surface area contributed by atoms with E-state index in [9.17, 15) is 13.2 Å². The van der Waals surface area contributed by atoms with Gasteiger partial charge in [0.15, 0.2) is 0 Å². The Labute approximate surface area is 123 Å². The van der Waals surface area contributed by atoms with Crippen LogP contribution in [0.1, 0.15) is 5.56 Å². The first-order valence-corrected chi connectivity index (χ1v) is 7.83. The van der Waals surface area contributed by atoms with E-state index in [2.05, 4.69) is 0 Å². The zero-order chi connectivity index (χ0) is 15.5. The van der Waals surface area contributed by atoms with Crippen molar-refractivity contribution < 1.29 is 13.2 Å². The quantitative estimate of drug-likeness (QED) is 0.855. The molecule has 0 heterocycles. The molecule has 5 nitrogen and oxygen atoms in total. The molecule has 0 aliphatic rings. The van der Waals surface area contributed by atoms with Gasteiger partial charge in [0.25, 0.3) is 0 Å². The zero-order valence-corrected chi connectivity index (χ0v) is 12.1. The summed E-state index contributed by atoms with van der Waals surface area (Å²) in [6, 6.07) is 13.7. The second-order valence-electron chi connectivity index (χ2n) is 4.67. The highest BCUT2D eigenvalue weighted by Crippen LogP contribution is 2.21. The number of rotatable bonds is 5. The van der Waals surface area contributed by atoms with Gasteiger partial charge in [-0.3, -0.25) is 4.79 Å². The second kappa shape index (κ2) is 6.07. The van der Waals surface area contributed by atoms with Crippen LogP contribution >= 0.6 is 0 Å². The Morgan fingerprint density at radius 3 is 2.00 bits per heavy atom. The average Bonchev–Trinajstić information content (AvgIpc) is 2.48. The van der Waals surface area contributed by atoms with Crippen LogP contribution in [0.5, 0.6) is 0 Å². The molecule has 4 N–H and O–H groups in total. The first-order chi connectivity index (χ1) is 9.91. The SMILES string of the molecule is NC(=O)C(N)Cc1ccc(S(=O)(=O)c2ccccc2)cc1. The Balaban J connectivity index is 2.25. The van der Waals surface area contributed by atoms with Crippen molar-refractivity contribution in [2.75, 3.05) is 0 Å². The molecule has 110 valence electrons. The van der Waals surface area contributed by atoms with Crippen LogP contribution in [0.2, 0.25) is 0 Å². The van der Waals surface area contributed by atoms with Crippen LogP contribution in [0.25, 0.3) is 0 Å². The molecule has 0 aromatic heterocycles. The summed E-state index contributed by atoms with van der Waals surface area (Å²) in [4.78, 5) is 11.4. The normalized spacial score (nSPS) is 12.8. The third kappa shape index (κ3) is 3.48. The van der Waals surface area contributed by atoms with Gasteiger partial charge in [0.05, 0.1) is 15.8 Å². The summed E-state index contributed by atoms with van der Waals surface area (Å²) in [5, 5.41) is 0. The van der Waals surface area contributed by atoms with Gasteiger partial charge >= 0.3 is 0 Å². The predicted octanol–water partition coefficient (Wildman–Crippen LogP) is 0.874. The topological polar surface area (TPSA) is 103 Å². The van der Waals surface area contributed by atoms with Crippen molar-refractivity contribution in [1.29, 1.82) is 0 Å². The first kappa shape index (κ1) is 15.2. The summed E-state index contributed by atoms with van der Waals surface area (Å²) in [7, 11) is -3.52. The number of amides is 1. The maximum absolute atomic E-state index is 12.4. The largest absolute Gasteiger partial charge is 0.368 e. The number of nitrogens with two attached hydrogens (primary N) is 2. The monoisotopic (exact) mass is 304 g/mol. The van der Waals surface area contributed by atoms with Crippen LogP contribution in [0.15, 0.2) is 64.4 Å². The molecule has 21 heavy (non-hydrogen) atoms. The minimum absolute atomic E-state index is 0.199. The fourth-order valence-corrected chi connectivity index (χ4v) is 3.18. The summed E-state index contributed by atoms with van der Waals surface area (Å²) in [6.07, 6.45) is 0.279. The van der Waals surface area contributed by atoms with Crippen LogP contribution in [0.3, 0.4) is 0 Å². The molecule has 1 atom stereocenters. The number of hydrogen-bond acceptors (Lipinski definition) is 4. The third-order valence-electron chi connectivity index (χ3n) is 3.11. The van der Waals surface area contributed by atoms with Crippen LogP contribution < -0.4 is 11.5 Å². The molecule has 2 rings (SSSR count). The average molecular weight is 304 g/mol. The van der Waals surface area contributed by atoms with Gasteiger partial charge in [-0.2, -0.15) is 0 Å². The van der Waals surface area contributed by atoms with Gasteiger partial charge < -0.3 is 11.5 Å². The van der Waals surface area contributed by atoms with E-state index in [-0.39, 0.29) is 16.2 Å². The van der Waals surface area contributed by atoms with Gasteiger partial charge in [0.1, 0.15) is 0 Å². The number of carbonyl (C=O) groups excluding carboxylic acids is 1. The van der Waals surface area contributed by atoms with Gasteiger partial charge in [0.2, 0.25) is 15.7 Å². The zero-order valence-electron chi connectivity index (χ0n) is 11.3. The fourth-order valence-electron chi connectivity index (χ4n) is 1.89. The van der Waals surface area contributed by atoms with Crippen LogP contribution in [0.4, 0.5) is 0 Å². The number of primary amides is 1. The van der Waals surface area contributed by atoms with Gasteiger partial charge in [-0.05, 0) is 36.2 Å². The number of sulfone groups is 1. The van der Waals surface area contributed by atoms with E-state index in [4.69, 9.17) is 11.5 Å². The molecule has 0 fully saturated rings. The van der Waals surface area contributed by atoms with Gasteiger partial charge in [-0.15, -0.1) is 0 Å². The van der Waals surface area contributed by atoms with E-state index in [1.807, 2.05) is 0 Å². The molecule has 0 aliphatic heterocycles. The van der Waals surface area contributed by atoms with Crippen molar-refractivity contribution in [2.24, 2.45) is 11.5 Å². The van der Waals surface area contributed by atoms with Crippen LogP contribution in [0, 0.1) is 0 Å². The van der Waals surface area contributed by atoms with Crippen LogP contribution in [-0.4, -0.2) is 20.4 Å². The minimum Gasteiger partial charge on any atom is -0.368 e. The van der Waals surface area contributed by atoms with Crippen LogP contribution in [-0.2, 0) is 21.1 Å². The van der Waals surface area contributed by atoms with Gasteiger partial charge in [-0.1, -0.05) is 30.3 Å². The van der Waals surface area contributed by atoms with E-state index in [0.29, 0.717) is 0 Å². The van der Waals surface area contributed by atoms with Crippen molar-refractivity contribution in [1.82, 2.24) is 0 Å². The molecule has 2 aromatic carbocycles. The van der Waals surface area contributed by atoms with Crippen molar-refractivity contribution in [3.05, 3.63) is 60.2 Å².